The molecule has 0 fully saturated rings. The third kappa shape index (κ3) is 7.54. The summed E-state index contributed by atoms with van der Waals surface area (Å²) in [7, 11) is 0. The van der Waals surface area contributed by atoms with Crippen LogP contribution in [0.1, 0.15) is 44.7 Å². The van der Waals surface area contributed by atoms with Crippen molar-refractivity contribution in [2.24, 2.45) is 5.73 Å². The Hall–Kier alpha value is -4.50. The van der Waals surface area contributed by atoms with Crippen LogP contribution in [0.5, 0.6) is 5.75 Å². The van der Waals surface area contributed by atoms with E-state index in [9.17, 15) is 14.7 Å². The molecule has 1 unspecified atom stereocenters. The van der Waals surface area contributed by atoms with Crippen molar-refractivity contribution in [3.8, 4) is 22.7 Å². The Kier molecular flexibility index (Phi) is 8.96. The van der Waals surface area contributed by atoms with Gasteiger partial charge in [-0.05, 0) is 65.8 Å². The highest BCUT2D eigenvalue weighted by Gasteiger charge is 2.18. The van der Waals surface area contributed by atoms with Crippen LogP contribution >= 0.6 is 0 Å². The molecule has 2 heterocycles. The topological polar surface area (TPSA) is 135 Å². The lowest BCUT2D eigenvalue weighted by atomic mass is 9.87. The molecule has 0 aliphatic heterocycles. The molecule has 9 heteroatoms. The Morgan fingerprint density at radius 3 is 2.33 bits per heavy atom. The fourth-order valence-electron chi connectivity index (χ4n) is 4.21. The maximum Gasteiger partial charge on any atom is 0.243 e. The molecule has 0 bridgehead atoms. The van der Waals surface area contributed by atoms with E-state index in [2.05, 4.69) is 60.7 Å². The number of imide groups is 1. The summed E-state index contributed by atoms with van der Waals surface area (Å²) in [5.41, 5.74) is 10.7. The summed E-state index contributed by atoms with van der Waals surface area (Å²) >= 11 is 0. The molecule has 0 saturated heterocycles. The predicted octanol–water partition coefficient (Wildman–Crippen LogP) is 4.34. The number of aromatic hydroxyl groups is 1. The molecule has 0 radical (unpaired) electrons. The van der Waals surface area contributed by atoms with Crippen molar-refractivity contribution in [2.75, 3.05) is 11.9 Å². The monoisotopic (exact) mass is 540 g/mol. The van der Waals surface area contributed by atoms with Gasteiger partial charge in [-0.25, -0.2) is 4.68 Å². The zero-order chi connectivity index (χ0) is 28.7. The highest BCUT2D eigenvalue weighted by atomic mass is 16.3. The number of carbonyl (C=O) groups excluding carboxylic acids is 2. The number of nitrogens with two attached hydrogens (primary N) is 1. The first-order valence-electron chi connectivity index (χ1n) is 13.3. The first-order chi connectivity index (χ1) is 19.1. The Morgan fingerprint density at radius 2 is 1.68 bits per heavy atom. The average molecular weight is 541 g/mol. The van der Waals surface area contributed by atoms with Crippen LogP contribution in [0, 0.1) is 0 Å². The van der Waals surface area contributed by atoms with E-state index in [0.29, 0.717) is 13.0 Å². The number of phenolic OH excluding ortho intramolecular Hbond substituents is 1. The van der Waals surface area contributed by atoms with Crippen LogP contribution in [0.2, 0.25) is 0 Å². The van der Waals surface area contributed by atoms with Crippen LogP contribution in [0.3, 0.4) is 0 Å². The van der Waals surface area contributed by atoms with Crippen LogP contribution in [0.4, 0.5) is 5.82 Å². The van der Waals surface area contributed by atoms with E-state index in [-0.39, 0.29) is 29.9 Å². The molecule has 4 aromatic rings. The minimum absolute atomic E-state index is 0.0450. The average Bonchev–Trinajstić information content (AvgIpc) is 3.36. The zero-order valence-electron chi connectivity index (χ0n) is 23.1. The highest BCUT2D eigenvalue weighted by molar-refractivity contribution is 5.97. The van der Waals surface area contributed by atoms with E-state index in [1.165, 1.54) is 17.7 Å². The van der Waals surface area contributed by atoms with Crippen molar-refractivity contribution in [3.05, 3.63) is 90.3 Å². The lowest BCUT2D eigenvalue weighted by Gasteiger charge is -2.19. The van der Waals surface area contributed by atoms with Gasteiger partial charge < -0.3 is 16.2 Å². The van der Waals surface area contributed by atoms with E-state index in [1.807, 2.05) is 22.9 Å². The number of aromatic nitrogens is 3. The molecule has 2 amide bonds. The minimum atomic E-state index is -0.864. The van der Waals surface area contributed by atoms with Gasteiger partial charge in [0.05, 0.1) is 17.4 Å². The van der Waals surface area contributed by atoms with E-state index in [0.717, 1.165) is 28.3 Å². The molecular weight excluding hydrogens is 504 g/mol. The lowest BCUT2D eigenvalue weighted by molar-refractivity contribution is -0.131. The molecule has 2 aromatic heterocycles. The van der Waals surface area contributed by atoms with Gasteiger partial charge in [0.15, 0.2) is 0 Å². The van der Waals surface area contributed by atoms with Gasteiger partial charge in [-0.3, -0.25) is 19.9 Å². The molecule has 4 rings (SSSR count). The summed E-state index contributed by atoms with van der Waals surface area (Å²) in [6.07, 6.45) is 4.40. The number of benzene rings is 2. The standard InChI is InChI=1S/C31H36N6O3/c1-31(2,3)23-8-10-24(11-9-23)37-28(20-27(36-37)22-14-17-33-18-15-22)34-16-4-5-29(39)35-30(40)26(32)19-21-6-12-25(38)13-7-21/h6-15,17-18,20,26,34,38H,4-5,16,19,32H2,1-3H3,(H,35,39,40). The summed E-state index contributed by atoms with van der Waals surface area (Å²) in [6.45, 7) is 7.04. The fourth-order valence-corrected chi connectivity index (χ4v) is 4.21. The van der Waals surface area contributed by atoms with Crippen molar-refractivity contribution < 1.29 is 14.7 Å². The summed E-state index contributed by atoms with van der Waals surface area (Å²) in [5, 5.41) is 20.0. The summed E-state index contributed by atoms with van der Waals surface area (Å²) < 4.78 is 1.86. The molecule has 0 saturated carbocycles. The number of nitrogens with one attached hydrogen (secondary N) is 2. The van der Waals surface area contributed by atoms with Gasteiger partial charge in [-0.2, -0.15) is 5.10 Å². The lowest BCUT2D eigenvalue weighted by Crippen LogP contribution is -2.44. The number of hydrogen-bond acceptors (Lipinski definition) is 7. The first kappa shape index (κ1) is 28.5. The molecule has 5 N–H and O–H groups in total. The second-order valence-corrected chi connectivity index (χ2v) is 10.8. The summed E-state index contributed by atoms with van der Waals surface area (Å²) in [6, 6.07) is 19.7. The largest absolute Gasteiger partial charge is 0.508 e. The third-order valence-corrected chi connectivity index (χ3v) is 6.54. The number of nitrogens with zero attached hydrogens (tertiary/aromatic N) is 3. The Labute approximate surface area is 234 Å². The van der Waals surface area contributed by atoms with E-state index in [4.69, 9.17) is 10.8 Å². The van der Waals surface area contributed by atoms with E-state index >= 15 is 0 Å². The van der Waals surface area contributed by atoms with Crippen molar-refractivity contribution in [1.82, 2.24) is 20.1 Å². The molecule has 9 nitrogen and oxygen atoms in total. The van der Waals surface area contributed by atoms with Crippen LogP contribution in [-0.2, 0) is 21.4 Å². The summed E-state index contributed by atoms with van der Waals surface area (Å²) in [5.74, 6) is 0.0323. The molecule has 0 spiro atoms. The van der Waals surface area contributed by atoms with Crippen molar-refractivity contribution in [1.29, 1.82) is 0 Å². The van der Waals surface area contributed by atoms with Gasteiger partial charge in [0, 0.05) is 37.0 Å². The fraction of sp³-hybridized carbons (Fsp3) is 0.290. The van der Waals surface area contributed by atoms with Crippen molar-refractivity contribution in [3.63, 3.8) is 0 Å². The number of phenols is 1. The molecule has 0 aliphatic carbocycles. The van der Waals surface area contributed by atoms with Gasteiger partial charge in [-0.15, -0.1) is 0 Å². The van der Waals surface area contributed by atoms with Crippen LogP contribution in [-0.4, -0.2) is 44.3 Å². The quantitative estimate of drug-likeness (QED) is 0.220. The van der Waals surface area contributed by atoms with Gasteiger partial charge in [0.1, 0.15) is 11.6 Å². The van der Waals surface area contributed by atoms with Crippen molar-refractivity contribution in [2.45, 2.75) is 51.5 Å². The molecular formula is C31H36N6O3. The molecule has 40 heavy (non-hydrogen) atoms. The second kappa shape index (κ2) is 12.6. The van der Waals surface area contributed by atoms with Gasteiger partial charge in [-0.1, -0.05) is 45.0 Å². The van der Waals surface area contributed by atoms with Crippen LogP contribution < -0.4 is 16.4 Å². The smallest absolute Gasteiger partial charge is 0.243 e. The Bertz CT molecular complexity index is 1420. The Morgan fingerprint density at radius 1 is 1.00 bits per heavy atom. The number of pyridine rings is 1. The summed E-state index contributed by atoms with van der Waals surface area (Å²) in [4.78, 5) is 28.8. The van der Waals surface area contributed by atoms with Crippen LogP contribution in [0.15, 0.2) is 79.1 Å². The minimum Gasteiger partial charge on any atom is -0.508 e. The van der Waals surface area contributed by atoms with Crippen molar-refractivity contribution >= 4 is 17.6 Å². The Balaban J connectivity index is 1.36. The third-order valence-electron chi connectivity index (χ3n) is 6.54. The second-order valence-electron chi connectivity index (χ2n) is 10.8. The molecule has 1 atom stereocenters. The maximum atomic E-state index is 12.4. The molecule has 208 valence electrons. The SMILES string of the molecule is CC(C)(C)c1ccc(-n2nc(-c3ccncc3)cc2NCCCC(=O)NC(=O)C(N)Cc2ccc(O)cc2)cc1. The van der Waals surface area contributed by atoms with Crippen LogP contribution in [0.25, 0.3) is 16.9 Å². The van der Waals surface area contributed by atoms with Gasteiger partial charge in [0.25, 0.3) is 0 Å². The number of amides is 2. The van der Waals surface area contributed by atoms with Gasteiger partial charge in [0.2, 0.25) is 11.8 Å². The number of hydrogen-bond donors (Lipinski definition) is 4. The number of carbonyl (C=O) groups is 2. The van der Waals surface area contributed by atoms with Gasteiger partial charge >= 0.3 is 0 Å². The normalized spacial score (nSPS) is 12.1. The zero-order valence-corrected chi connectivity index (χ0v) is 23.1. The van der Waals surface area contributed by atoms with E-state index < -0.39 is 11.9 Å². The number of anilines is 1. The van der Waals surface area contributed by atoms with E-state index in [1.54, 1.807) is 24.5 Å². The highest BCUT2D eigenvalue weighted by Crippen LogP contribution is 2.27. The predicted molar refractivity (Wildman–Crippen MR) is 156 cm³/mol. The molecule has 2 aromatic carbocycles. The molecule has 0 aliphatic rings. The maximum absolute atomic E-state index is 12.4. The first-order valence-corrected chi connectivity index (χ1v) is 13.3. The number of rotatable bonds is 10.